The molecular weight excluding hydrogens is 204 g/mol. The van der Waals surface area contributed by atoms with Gasteiger partial charge in [0.15, 0.2) is 0 Å². The van der Waals surface area contributed by atoms with Crippen molar-refractivity contribution < 1.29 is 9.59 Å². The fourth-order valence-corrected chi connectivity index (χ4v) is 1.75. The van der Waals surface area contributed by atoms with E-state index in [1.807, 2.05) is 20.8 Å². The predicted octanol–water partition coefficient (Wildman–Crippen LogP) is 0.858. The Morgan fingerprint density at radius 2 is 1.94 bits per heavy atom. The first kappa shape index (κ1) is 13.2. The van der Waals surface area contributed by atoms with Gasteiger partial charge >= 0.3 is 0 Å². The molecule has 4 heteroatoms. The zero-order valence-electron chi connectivity index (χ0n) is 10.4. The fourth-order valence-electron chi connectivity index (χ4n) is 1.75. The Balaban J connectivity index is 2.51. The molecule has 1 fully saturated rings. The second-order valence-corrected chi connectivity index (χ2v) is 4.78. The first-order valence-electron chi connectivity index (χ1n) is 6.12. The number of ketones is 1. The number of amides is 1. The fraction of sp³-hybridized carbons (Fsp3) is 0.833. The topological polar surface area (TPSA) is 58.2 Å². The van der Waals surface area contributed by atoms with Crippen LogP contribution in [0.1, 0.15) is 40.0 Å². The molecule has 0 bridgehead atoms. The molecule has 0 aromatic carbocycles. The maximum atomic E-state index is 11.9. The monoisotopic (exact) mass is 226 g/mol. The Bertz CT molecular complexity index is 256. The first-order chi connectivity index (χ1) is 7.54. The lowest BCUT2D eigenvalue weighted by Crippen LogP contribution is -2.47. The molecule has 16 heavy (non-hydrogen) atoms. The number of rotatable bonds is 7. The van der Waals surface area contributed by atoms with E-state index in [0.717, 1.165) is 6.42 Å². The predicted molar refractivity (Wildman–Crippen MR) is 63.1 cm³/mol. The molecule has 0 spiro atoms. The molecular formula is C12H22N2O2. The Labute approximate surface area is 97.2 Å². The molecule has 1 aliphatic rings. The van der Waals surface area contributed by atoms with Crippen molar-refractivity contribution in [1.82, 2.24) is 10.6 Å². The van der Waals surface area contributed by atoms with E-state index in [2.05, 4.69) is 10.6 Å². The van der Waals surface area contributed by atoms with E-state index < -0.39 is 5.91 Å². The molecule has 1 atom stereocenters. The van der Waals surface area contributed by atoms with Crippen molar-refractivity contribution in [3.8, 4) is 0 Å². The van der Waals surface area contributed by atoms with Crippen LogP contribution in [-0.4, -0.2) is 30.3 Å². The third-order valence-corrected chi connectivity index (χ3v) is 2.68. The minimum Gasteiger partial charge on any atom is -0.350 e. The largest absolute Gasteiger partial charge is 0.350 e. The highest BCUT2D eigenvalue weighted by Crippen LogP contribution is 2.33. The maximum Gasteiger partial charge on any atom is 0.289 e. The molecule has 92 valence electrons. The number of carbonyl (C=O) groups excluding carboxylic acids is 2. The Hall–Kier alpha value is -0.900. The quantitative estimate of drug-likeness (QED) is 0.633. The van der Waals surface area contributed by atoms with Gasteiger partial charge in [-0.15, -0.1) is 0 Å². The number of likely N-dealkylation sites (N-methyl/N-ethyl adjacent to an activating group) is 1. The van der Waals surface area contributed by atoms with Crippen molar-refractivity contribution in [2.24, 2.45) is 5.92 Å². The molecule has 1 saturated carbocycles. The van der Waals surface area contributed by atoms with Gasteiger partial charge in [-0.25, -0.2) is 0 Å². The lowest BCUT2D eigenvalue weighted by molar-refractivity contribution is -0.139. The highest BCUT2D eigenvalue weighted by molar-refractivity contribution is 6.38. The minimum absolute atomic E-state index is 0.224. The molecule has 1 rings (SSSR count). The average molecular weight is 226 g/mol. The number of hydrogen-bond acceptors (Lipinski definition) is 3. The Morgan fingerprint density at radius 3 is 2.38 bits per heavy atom. The van der Waals surface area contributed by atoms with E-state index in [-0.39, 0.29) is 17.9 Å². The first-order valence-corrected chi connectivity index (χ1v) is 6.12. The van der Waals surface area contributed by atoms with Gasteiger partial charge in [-0.05, 0) is 19.3 Å². The normalized spacial score (nSPS) is 17.2. The summed E-state index contributed by atoms with van der Waals surface area (Å²) in [5.74, 6) is -0.140. The number of carbonyl (C=O) groups is 2. The van der Waals surface area contributed by atoms with Crippen LogP contribution >= 0.6 is 0 Å². The summed E-state index contributed by atoms with van der Waals surface area (Å²) in [6.07, 6.45) is 3.19. The van der Waals surface area contributed by atoms with Crippen LogP contribution < -0.4 is 10.6 Å². The SMILES string of the molecule is CCNC(=O)C(=O)[C@H](CC1CC1)NC(C)C. The summed E-state index contributed by atoms with van der Waals surface area (Å²) < 4.78 is 0. The minimum atomic E-state index is -0.457. The van der Waals surface area contributed by atoms with Gasteiger partial charge in [-0.3, -0.25) is 9.59 Å². The van der Waals surface area contributed by atoms with Gasteiger partial charge in [-0.1, -0.05) is 26.7 Å². The van der Waals surface area contributed by atoms with Crippen LogP contribution in [-0.2, 0) is 9.59 Å². The van der Waals surface area contributed by atoms with Crippen molar-refractivity contribution in [3.05, 3.63) is 0 Å². The lowest BCUT2D eigenvalue weighted by atomic mass is 10.0. The van der Waals surface area contributed by atoms with Crippen molar-refractivity contribution in [3.63, 3.8) is 0 Å². The summed E-state index contributed by atoms with van der Waals surface area (Å²) in [6, 6.07) is -0.0822. The highest BCUT2D eigenvalue weighted by Gasteiger charge is 2.32. The molecule has 2 N–H and O–H groups in total. The van der Waals surface area contributed by atoms with Crippen molar-refractivity contribution in [2.75, 3.05) is 6.54 Å². The molecule has 0 saturated heterocycles. The summed E-state index contributed by atoms with van der Waals surface area (Å²) in [4.78, 5) is 23.3. The van der Waals surface area contributed by atoms with Gasteiger partial charge in [0.1, 0.15) is 0 Å². The van der Waals surface area contributed by atoms with Crippen LogP contribution in [0.2, 0.25) is 0 Å². The van der Waals surface area contributed by atoms with Gasteiger partial charge in [0, 0.05) is 12.6 Å². The van der Waals surface area contributed by atoms with Gasteiger partial charge in [0.05, 0.1) is 6.04 Å². The third kappa shape index (κ3) is 4.31. The van der Waals surface area contributed by atoms with Gasteiger partial charge in [0.2, 0.25) is 5.78 Å². The molecule has 0 aliphatic heterocycles. The molecule has 0 radical (unpaired) electrons. The van der Waals surface area contributed by atoms with Crippen molar-refractivity contribution in [2.45, 2.75) is 52.1 Å². The number of nitrogens with one attached hydrogen (secondary N) is 2. The van der Waals surface area contributed by atoms with Crippen LogP contribution in [0.25, 0.3) is 0 Å². The maximum absolute atomic E-state index is 11.9. The molecule has 0 heterocycles. The van der Waals surface area contributed by atoms with Crippen LogP contribution in [0.4, 0.5) is 0 Å². The van der Waals surface area contributed by atoms with E-state index in [0.29, 0.717) is 12.5 Å². The molecule has 0 aromatic heterocycles. The van der Waals surface area contributed by atoms with Crippen molar-refractivity contribution >= 4 is 11.7 Å². The van der Waals surface area contributed by atoms with Crippen LogP contribution in [0.3, 0.4) is 0 Å². The molecule has 4 nitrogen and oxygen atoms in total. The Kier molecular flexibility index (Phi) is 4.93. The summed E-state index contributed by atoms with van der Waals surface area (Å²) in [5.41, 5.74) is 0. The van der Waals surface area contributed by atoms with E-state index in [4.69, 9.17) is 0 Å². The smallest absolute Gasteiger partial charge is 0.289 e. The second-order valence-electron chi connectivity index (χ2n) is 4.78. The van der Waals surface area contributed by atoms with Crippen molar-refractivity contribution in [1.29, 1.82) is 0 Å². The number of hydrogen-bond donors (Lipinski definition) is 2. The van der Waals surface area contributed by atoms with E-state index in [1.165, 1.54) is 12.8 Å². The molecule has 1 amide bonds. The average Bonchev–Trinajstić information content (AvgIpc) is 2.99. The molecule has 1 aliphatic carbocycles. The summed E-state index contributed by atoms with van der Waals surface area (Å²) in [6.45, 7) is 6.30. The highest BCUT2D eigenvalue weighted by atomic mass is 16.2. The zero-order valence-corrected chi connectivity index (χ0v) is 10.4. The standard InChI is InChI=1S/C12H22N2O2/c1-4-13-12(16)11(15)10(14-8(2)3)7-9-5-6-9/h8-10,14H,4-7H2,1-3H3,(H,13,16)/t10-/m0/s1. The van der Waals surface area contributed by atoms with E-state index in [1.54, 1.807) is 0 Å². The van der Waals surface area contributed by atoms with Gasteiger partial charge in [-0.2, -0.15) is 0 Å². The summed E-state index contributed by atoms with van der Waals surface area (Å²) in [5, 5.41) is 5.74. The lowest BCUT2D eigenvalue weighted by Gasteiger charge is -2.19. The third-order valence-electron chi connectivity index (χ3n) is 2.68. The van der Waals surface area contributed by atoms with Gasteiger partial charge in [0.25, 0.3) is 5.91 Å². The van der Waals surface area contributed by atoms with E-state index in [9.17, 15) is 9.59 Å². The van der Waals surface area contributed by atoms with Gasteiger partial charge < -0.3 is 10.6 Å². The molecule has 0 unspecified atom stereocenters. The van der Waals surface area contributed by atoms with Crippen LogP contribution in [0.15, 0.2) is 0 Å². The zero-order chi connectivity index (χ0) is 12.1. The second kappa shape index (κ2) is 5.99. The summed E-state index contributed by atoms with van der Waals surface area (Å²) in [7, 11) is 0. The van der Waals surface area contributed by atoms with E-state index >= 15 is 0 Å². The summed E-state index contributed by atoms with van der Waals surface area (Å²) >= 11 is 0. The Morgan fingerprint density at radius 1 is 1.31 bits per heavy atom. The number of Topliss-reactive ketones (excluding diaryl/α,β-unsaturated/α-hetero) is 1. The van der Waals surface area contributed by atoms with Crippen LogP contribution in [0, 0.1) is 5.92 Å². The molecule has 0 aromatic rings. The van der Waals surface area contributed by atoms with Crippen LogP contribution in [0.5, 0.6) is 0 Å².